The number of methoxy groups -OCH3 is 2. The number of ether oxygens (including phenoxy) is 2. The number of aromatic nitrogens is 2. The minimum Gasteiger partial charge on any atom is -0.453 e. The molecule has 3 saturated heterocycles. The zero-order valence-electron chi connectivity index (χ0n) is 39.1. The van der Waals surface area contributed by atoms with Crippen molar-refractivity contribution in [1.82, 2.24) is 30.4 Å². The van der Waals surface area contributed by atoms with Crippen LogP contribution in [0.5, 0.6) is 0 Å². The first kappa shape index (κ1) is 45.4. The summed E-state index contributed by atoms with van der Waals surface area (Å²) in [4.78, 5) is 68.1. The predicted octanol–water partition coefficient (Wildman–Crippen LogP) is 9.44. The number of hydrogen-bond donors (Lipinski definition) is 2. The number of fused-ring (bicyclic) bond motifs is 2. The van der Waals surface area contributed by atoms with Gasteiger partial charge in [-0.25, -0.2) is 19.6 Å². The Balaban J connectivity index is 1.09. The van der Waals surface area contributed by atoms with Gasteiger partial charge in [0, 0.05) is 18.8 Å². The van der Waals surface area contributed by atoms with E-state index in [1.807, 2.05) is 39.8 Å². The van der Waals surface area contributed by atoms with Crippen molar-refractivity contribution in [3.05, 3.63) is 89.1 Å². The van der Waals surface area contributed by atoms with Crippen LogP contribution >= 0.6 is 0 Å². The topological polar surface area (TPSA) is 173 Å². The van der Waals surface area contributed by atoms with Crippen molar-refractivity contribution < 1.29 is 37.5 Å². The molecule has 346 valence electrons. The third kappa shape index (κ3) is 9.11. The van der Waals surface area contributed by atoms with Gasteiger partial charge in [0.15, 0.2) is 11.2 Å². The Morgan fingerprint density at radius 2 is 1.06 bits per heavy atom. The Morgan fingerprint density at radius 3 is 1.45 bits per heavy atom. The van der Waals surface area contributed by atoms with E-state index < -0.39 is 24.3 Å². The van der Waals surface area contributed by atoms with E-state index >= 15 is 0 Å². The maximum absolute atomic E-state index is 13.9. The Labute approximate surface area is 380 Å². The molecule has 0 unspecified atom stereocenters. The van der Waals surface area contributed by atoms with Gasteiger partial charge in [0.1, 0.15) is 35.2 Å². The van der Waals surface area contributed by atoms with E-state index in [0.29, 0.717) is 48.9 Å². The lowest BCUT2D eigenvalue weighted by molar-refractivity contribution is -0.136. The molecule has 0 spiro atoms. The largest absolute Gasteiger partial charge is 0.453 e. The molecule has 0 bridgehead atoms. The molecular formula is C50H63N7O8. The SMILES string of the molecule is COC(=O)N[C@H](C(=O)N1CCC[C@H]1c1nc2cc([C@H]3CC[C@H](c4ccc5oc([C@@H]6CCCN6C(=O)[C@@H](NC(=O)OC)C(C)C)nc5c4)N3c3ccc(C(C)(C)C)cc3)ccc2o1)C(C)C. The first-order chi connectivity index (χ1) is 31.1. The number of benzene rings is 3. The molecule has 2 aromatic heterocycles. The predicted molar refractivity (Wildman–Crippen MR) is 246 cm³/mol. The first-order valence-electron chi connectivity index (χ1n) is 23.1. The second-order valence-corrected chi connectivity index (χ2v) is 19.5. The highest BCUT2D eigenvalue weighted by Gasteiger charge is 2.41. The second-order valence-electron chi connectivity index (χ2n) is 19.5. The molecule has 0 saturated carbocycles. The minimum atomic E-state index is -0.737. The summed E-state index contributed by atoms with van der Waals surface area (Å²) in [5, 5.41) is 5.44. The van der Waals surface area contributed by atoms with Crippen molar-refractivity contribution in [1.29, 1.82) is 0 Å². The van der Waals surface area contributed by atoms with Crippen LogP contribution in [0, 0.1) is 11.8 Å². The Bertz CT molecular complexity index is 2400. The van der Waals surface area contributed by atoms with E-state index in [4.69, 9.17) is 28.3 Å². The fraction of sp³-hybridized carbons (Fsp3) is 0.520. The molecule has 4 amide bonds. The van der Waals surface area contributed by atoms with Crippen LogP contribution in [0.25, 0.3) is 22.2 Å². The number of carbonyl (C=O) groups excluding carboxylic acids is 4. The number of oxazole rings is 2. The molecule has 5 heterocycles. The van der Waals surface area contributed by atoms with Gasteiger partial charge in [-0.1, -0.05) is 72.7 Å². The van der Waals surface area contributed by atoms with Gasteiger partial charge in [-0.15, -0.1) is 0 Å². The number of carbonyl (C=O) groups is 4. The summed E-state index contributed by atoms with van der Waals surface area (Å²) in [7, 11) is 2.58. The maximum Gasteiger partial charge on any atom is 0.407 e. The molecular weight excluding hydrogens is 827 g/mol. The van der Waals surface area contributed by atoms with E-state index in [2.05, 4.69) is 84.8 Å². The standard InChI is InChI=1S/C50H63N7O8/c1-28(2)42(53-48(60)62-8)46(58)55-24-10-12-38(55)44-51-34-26-30(14-22-40(34)64-44)36-20-21-37(57(36)33-18-16-32(17-19-33)50(5,6)7)31-15-23-41-35(27-31)52-45(65-41)39-13-11-25-56(39)47(59)43(29(3)4)54-49(61)63-9/h14-19,22-23,26-29,36-39,42-43H,10-13,20-21,24-25H2,1-9H3,(H,53,60)(H,54,61)/t36-,37-,38+,39+,42+,43+/m1/s1. The molecule has 15 nitrogen and oxygen atoms in total. The monoisotopic (exact) mass is 889 g/mol. The summed E-state index contributed by atoms with van der Waals surface area (Å²) >= 11 is 0. The normalized spacial score (nSPS) is 21.1. The lowest BCUT2D eigenvalue weighted by Crippen LogP contribution is -2.51. The van der Waals surface area contributed by atoms with Gasteiger partial charge in [-0.05, 0) is 109 Å². The highest BCUT2D eigenvalue weighted by Crippen LogP contribution is 2.48. The number of anilines is 1. The number of hydrogen-bond acceptors (Lipinski definition) is 11. The number of nitrogens with one attached hydrogen (secondary N) is 2. The van der Waals surface area contributed by atoms with E-state index in [9.17, 15) is 19.2 Å². The fourth-order valence-corrected chi connectivity index (χ4v) is 9.91. The van der Waals surface area contributed by atoms with Gasteiger partial charge in [0.05, 0.1) is 26.3 Å². The van der Waals surface area contributed by atoms with E-state index in [1.54, 1.807) is 9.80 Å². The first-order valence-corrected chi connectivity index (χ1v) is 23.1. The van der Waals surface area contributed by atoms with Gasteiger partial charge in [-0.3, -0.25) is 9.59 Å². The lowest BCUT2D eigenvalue weighted by atomic mass is 9.87. The van der Waals surface area contributed by atoms with Crippen LogP contribution in [0.1, 0.15) is 140 Å². The van der Waals surface area contributed by atoms with Crippen molar-refractivity contribution in [2.45, 2.75) is 129 Å². The molecule has 65 heavy (non-hydrogen) atoms. The second kappa shape index (κ2) is 18.4. The third-order valence-corrected chi connectivity index (χ3v) is 13.5. The van der Waals surface area contributed by atoms with Crippen molar-refractivity contribution >= 4 is 51.9 Å². The minimum absolute atomic E-state index is 0.00608. The maximum atomic E-state index is 13.9. The lowest BCUT2D eigenvalue weighted by Gasteiger charge is -2.34. The van der Waals surface area contributed by atoms with Gasteiger partial charge in [0.25, 0.3) is 0 Å². The summed E-state index contributed by atoms with van der Waals surface area (Å²) in [6.45, 7) is 15.3. The van der Waals surface area contributed by atoms with E-state index in [1.165, 1.54) is 19.8 Å². The number of amides is 4. The highest BCUT2D eigenvalue weighted by molar-refractivity contribution is 5.87. The summed E-state index contributed by atoms with van der Waals surface area (Å²) in [5.41, 5.74) is 7.34. The number of rotatable bonds is 11. The van der Waals surface area contributed by atoms with Crippen LogP contribution in [0.4, 0.5) is 15.3 Å². The van der Waals surface area contributed by atoms with Crippen LogP contribution in [0.15, 0.2) is 69.5 Å². The average Bonchev–Trinajstić information content (AvgIpc) is 4.14. The summed E-state index contributed by atoms with van der Waals surface area (Å²) in [6, 6.07) is 19.2. The van der Waals surface area contributed by atoms with Gasteiger partial charge in [0.2, 0.25) is 23.6 Å². The Kier molecular flexibility index (Phi) is 12.9. The zero-order valence-corrected chi connectivity index (χ0v) is 39.1. The third-order valence-electron chi connectivity index (χ3n) is 13.5. The van der Waals surface area contributed by atoms with Gasteiger partial charge >= 0.3 is 12.2 Å². The Morgan fingerprint density at radius 1 is 0.631 bits per heavy atom. The molecule has 0 radical (unpaired) electrons. The van der Waals surface area contributed by atoms with Crippen molar-refractivity contribution in [2.24, 2.45) is 11.8 Å². The number of alkyl carbamates (subject to hydrolysis) is 2. The van der Waals surface area contributed by atoms with Crippen molar-refractivity contribution in [2.75, 3.05) is 32.2 Å². The molecule has 5 aromatic rings. The van der Waals surface area contributed by atoms with E-state index in [-0.39, 0.29) is 53.2 Å². The van der Waals surface area contributed by atoms with Crippen LogP contribution in [0.2, 0.25) is 0 Å². The van der Waals surface area contributed by atoms with Crippen LogP contribution < -0.4 is 15.5 Å². The number of nitrogens with zero attached hydrogens (tertiary/aromatic N) is 5. The van der Waals surface area contributed by atoms with Crippen LogP contribution in [0.3, 0.4) is 0 Å². The average molecular weight is 890 g/mol. The summed E-state index contributed by atoms with van der Waals surface area (Å²) in [5.74, 6) is 0.335. The highest BCUT2D eigenvalue weighted by atomic mass is 16.5. The van der Waals surface area contributed by atoms with E-state index in [0.717, 1.165) is 53.5 Å². The molecule has 3 aliphatic heterocycles. The van der Waals surface area contributed by atoms with Gasteiger partial charge in [-0.2, -0.15) is 0 Å². The smallest absolute Gasteiger partial charge is 0.407 e. The molecule has 15 heteroatoms. The summed E-state index contributed by atoms with van der Waals surface area (Å²) < 4.78 is 22.4. The van der Waals surface area contributed by atoms with Crippen molar-refractivity contribution in [3.63, 3.8) is 0 Å². The molecule has 6 atom stereocenters. The summed E-state index contributed by atoms with van der Waals surface area (Å²) in [6.07, 6.45) is 3.49. The Hall–Kier alpha value is -6.12. The molecule has 8 rings (SSSR count). The molecule has 3 aliphatic rings. The molecule has 2 N–H and O–H groups in total. The van der Waals surface area contributed by atoms with Crippen LogP contribution in [-0.4, -0.2) is 83.2 Å². The quantitative estimate of drug-likeness (QED) is 0.129. The van der Waals surface area contributed by atoms with Crippen molar-refractivity contribution in [3.8, 4) is 0 Å². The zero-order chi connectivity index (χ0) is 46.3. The molecule has 3 fully saturated rings. The molecule has 0 aliphatic carbocycles. The van der Waals surface area contributed by atoms with Gasteiger partial charge < -0.3 is 43.6 Å². The van der Waals surface area contributed by atoms with Crippen LogP contribution in [-0.2, 0) is 24.5 Å². The fourth-order valence-electron chi connectivity index (χ4n) is 9.91. The number of likely N-dealkylation sites (tertiary alicyclic amines) is 2. The molecule has 3 aromatic carbocycles.